The molecule has 0 amide bonds. The van der Waals surface area contributed by atoms with Crippen molar-refractivity contribution in [2.75, 3.05) is 0 Å². The monoisotopic (exact) mass is 109 g/mol. The summed E-state index contributed by atoms with van der Waals surface area (Å²) in [6, 6.07) is 0. The second-order valence-electron chi connectivity index (χ2n) is 2.38. The van der Waals surface area contributed by atoms with E-state index in [0.717, 1.165) is 31.4 Å². The van der Waals surface area contributed by atoms with Crippen LogP contribution in [0, 0.1) is 5.41 Å². The lowest BCUT2D eigenvalue weighted by atomic mass is 9.95. The molecule has 1 aliphatic rings. The van der Waals surface area contributed by atoms with Crippen LogP contribution in [0.2, 0.25) is 0 Å². The minimum atomic E-state index is 0.861. The van der Waals surface area contributed by atoms with E-state index in [1.165, 1.54) is 5.57 Å². The minimum absolute atomic E-state index is 0.861. The average molecular weight is 109 g/mol. The standard InChI is InChI=1S/C7H11N/c1-6-3-2-4-7(8)5-6/h8H,1-5H2. The van der Waals surface area contributed by atoms with Crippen LogP contribution in [0.25, 0.3) is 0 Å². The molecule has 0 radical (unpaired) electrons. The van der Waals surface area contributed by atoms with Gasteiger partial charge in [-0.2, -0.15) is 0 Å². The molecule has 1 nitrogen and oxygen atoms in total. The van der Waals surface area contributed by atoms with Crippen LogP contribution in [-0.4, -0.2) is 5.71 Å². The second-order valence-corrected chi connectivity index (χ2v) is 2.38. The van der Waals surface area contributed by atoms with Crippen LogP contribution in [0.5, 0.6) is 0 Å². The van der Waals surface area contributed by atoms with Crippen LogP contribution in [0.3, 0.4) is 0 Å². The lowest BCUT2D eigenvalue weighted by Crippen LogP contribution is -2.04. The van der Waals surface area contributed by atoms with Crippen LogP contribution >= 0.6 is 0 Å². The smallest absolute Gasteiger partial charge is 0.0129 e. The van der Waals surface area contributed by atoms with Gasteiger partial charge in [0, 0.05) is 12.1 Å². The molecule has 0 unspecified atom stereocenters. The molecular formula is C7H11N. The molecule has 1 rings (SSSR count). The van der Waals surface area contributed by atoms with E-state index in [4.69, 9.17) is 5.41 Å². The van der Waals surface area contributed by atoms with Crippen molar-refractivity contribution >= 4 is 5.71 Å². The van der Waals surface area contributed by atoms with Crippen molar-refractivity contribution in [3.05, 3.63) is 12.2 Å². The molecule has 1 N–H and O–H groups in total. The van der Waals surface area contributed by atoms with E-state index in [1.54, 1.807) is 0 Å². The molecule has 44 valence electrons. The number of allylic oxidation sites excluding steroid dienone is 1. The summed E-state index contributed by atoms with van der Waals surface area (Å²) < 4.78 is 0. The molecular weight excluding hydrogens is 98.1 g/mol. The Kier molecular flexibility index (Phi) is 1.47. The molecule has 8 heavy (non-hydrogen) atoms. The van der Waals surface area contributed by atoms with Crippen molar-refractivity contribution in [2.45, 2.75) is 25.7 Å². The van der Waals surface area contributed by atoms with Crippen molar-refractivity contribution in [3.63, 3.8) is 0 Å². The molecule has 0 aliphatic heterocycles. The summed E-state index contributed by atoms with van der Waals surface area (Å²) in [6.07, 6.45) is 4.15. The van der Waals surface area contributed by atoms with Gasteiger partial charge in [0.05, 0.1) is 0 Å². The summed E-state index contributed by atoms with van der Waals surface area (Å²) in [5.74, 6) is 0. The van der Waals surface area contributed by atoms with Crippen LogP contribution in [-0.2, 0) is 0 Å². The van der Waals surface area contributed by atoms with E-state index in [1.807, 2.05) is 0 Å². The second kappa shape index (κ2) is 2.12. The normalized spacial score (nSPS) is 21.5. The van der Waals surface area contributed by atoms with Crippen molar-refractivity contribution in [1.29, 1.82) is 5.41 Å². The van der Waals surface area contributed by atoms with Gasteiger partial charge in [0.15, 0.2) is 0 Å². The van der Waals surface area contributed by atoms with E-state index in [0.29, 0.717) is 0 Å². The Hall–Kier alpha value is -0.590. The predicted molar refractivity (Wildman–Crippen MR) is 35.3 cm³/mol. The largest absolute Gasteiger partial charge is 0.309 e. The molecule has 1 aliphatic carbocycles. The van der Waals surface area contributed by atoms with Gasteiger partial charge in [0.25, 0.3) is 0 Å². The summed E-state index contributed by atoms with van der Waals surface area (Å²) in [4.78, 5) is 0. The fourth-order valence-corrected chi connectivity index (χ4v) is 1.03. The molecule has 0 bridgehead atoms. The first-order chi connectivity index (χ1) is 3.79. The topological polar surface area (TPSA) is 23.9 Å². The van der Waals surface area contributed by atoms with Gasteiger partial charge in [-0.25, -0.2) is 0 Å². The first kappa shape index (κ1) is 5.54. The van der Waals surface area contributed by atoms with Crippen LogP contribution < -0.4 is 0 Å². The molecule has 0 saturated heterocycles. The summed E-state index contributed by atoms with van der Waals surface area (Å²) in [6.45, 7) is 3.82. The first-order valence-electron chi connectivity index (χ1n) is 3.02. The first-order valence-corrected chi connectivity index (χ1v) is 3.02. The Labute approximate surface area is 49.9 Å². The minimum Gasteiger partial charge on any atom is -0.309 e. The SMILES string of the molecule is C=C1CCCC(=N)C1. The quantitative estimate of drug-likeness (QED) is 0.461. The number of nitrogens with one attached hydrogen (secondary N) is 1. The van der Waals surface area contributed by atoms with E-state index < -0.39 is 0 Å². The van der Waals surface area contributed by atoms with Crippen molar-refractivity contribution < 1.29 is 0 Å². The molecule has 1 heteroatoms. The Morgan fingerprint density at radius 3 is 2.50 bits per heavy atom. The Morgan fingerprint density at radius 2 is 2.12 bits per heavy atom. The fourth-order valence-electron chi connectivity index (χ4n) is 1.03. The number of hydrogen-bond donors (Lipinski definition) is 1. The van der Waals surface area contributed by atoms with E-state index in [2.05, 4.69) is 6.58 Å². The molecule has 0 aromatic carbocycles. The van der Waals surface area contributed by atoms with Crippen LogP contribution in [0.15, 0.2) is 12.2 Å². The van der Waals surface area contributed by atoms with E-state index in [9.17, 15) is 0 Å². The zero-order valence-corrected chi connectivity index (χ0v) is 5.04. The van der Waals surface area contributed by atoms with E-state index in [-0.39, 0.29) is 0 Å². The summed E-state index contributed by atoms with van der Waals surface area (Å²) in [7, 11) is 0. The summed E-state index contributed by atoms with van der Waals surface area (Å²) in [5, 5.41) is 7.26. The highest BCUT2D eigenvalue weighted by molar-refractivity contribution is 5.84. The summed E-state index contributed by atoms with van der Waals surface area (Å²) >= 11 is 0. The lowest BCUT2D eigenvalue weighted by molar-refractivity contribution is 0.789. The van der Waals surface area contributed by atoms with Crippen LogP contribution in [0.1, 0.15) is 25.7 Å². The van der Waals surface area contributed by atoms with Gasteiger partial charge in [-0.05, 0) is 19.3 Å². The van der Waals surface area contributed by atoms with Gasteiger partial charge in [-0.15, -0.1) is 0 Å². The third kappa shape index (κ3) is 1.19. The van der Waals surface area contributed by atoms with Gasteiger partial charge in [0.1, 0.15) is 0 Å². The molecule has 1 fully saturated rings. The maximum atomic E-state index is 7.26. The van der Waals surface area contributed by atoms with Crippen molar-refractivity contribution in [1.82, 2.24) is 0 Å². The lowest BCUT2D eigenvalue weighted by Gasteiger charge is -2.12. The highest BCUT2D eigenvalue weighted by Crippen LogP contribution is 2.17. The van der Waals surface area contributed by atoms with Gasteiger partial charge in [0.2, 0.25) is 0 Å². The maximum absolute atomic E-state index is 7.26. The molecule has 0 aromatic heterocycles. The number of hydrogen-bond acceptors (Lipinski definition) is 1. The third-order valence-electron chi connectivity index (χ3n) is 1.47. The van der Waals surface area contributed by atoms with Gasteiger partial charge >= 0.3 is 0 Å². The average Bonchev–Trinajstić information content (AvgIpc) is 1.64. The highest BCUT2D eigenvalue weighted by atomic mass is 14.4. The molecule has 1 saturated carbocycles. The van der Waals surface area contributed by atoms with Gasteiger partial charge < -0.3 is 5.41 Å². The van der Waals surface area contributed by atoms with Crippen LogP contribution in [0.4, 0.5) is 0 Å². The molecule has 0 aromatic rings. The van der Waals surface area contributed by atoms with Gasteiger partial charge in [-0.1, -0.05) is 12.2 Å². The van der Waals surface area contributed by atoms with Crippen molar-refractivity contribution in [2.24, 2.45) is 0 Å². The molecule has 0 heterocycles. The van der Waals surface area contributed by atoms with E-state index >= 15 is 0 Å². The van der Waals surface area contributed by atoms with Gasteiger partial charge in [-0.3, -0.25) is 0 Å². The third-order valence-corrected chi connectivity index (χ3v) is 1.47. The Morgan fingerprint density at radius 1 is 1.38 bits per heavy atom. The van der Waals surface area contributed by atoms with Crippen molar-refractivity contribution in [3.8, 4) is 0 Å². The molecule has 0 atom stereocenters. The Bertz CT molecular complexity index is 110. The number of rotatable bonds is 0. The predicted octanol–water partition coefficient (Wildman–Crippen LogP) is 2.14. The Balaban J connectivity index is 2.45. The zero-order valence-electron chi connectivity index (χ0n) is 5.04. The summed E-state index contributed by atoms with van der Waals surface area (Å²) in [5.41, 5.74) is 2.10. The maximum Gasteiger partial charge on any atom is 0.0129 e. The zero-order chi connectivity index (χ0) is 5.98. The molecule has 0 spiro atoms. The fraction of sp³-hybridized carbons (Fsp3) is 0.571. The highest BCUT2D eigenvalue weighted by Gasteiger charge is 2.06.